The van der Waals surface area contributed by atoms with E-state index < -0.39 is 0 Å². The molecule has 3 aromatic heterocycles. The van der Waals surface area contributed by atoms with E-state index in [0.717, 1.165) is 16.8 Å². The second kappa shape index (κ2) is 9.78. The smallest absolute Gasteiger partial charge is 0.222 e. The lowest BCUT2D eigenvalue weighted by molar-refractivity contribution is 0.328. The van der Waals surface area contributed by atoms with Crippen molar-refractivity contribution in [2.75, 3.05) is 24.3 Å². The lowest BCUT2D eigenvalue weighted by Gasteiger charge is -2.20. The summed E-state index contributed by atoms with van der Waals surface area (Å²) in [5.41, 5.74) is 3.49. The van der Waals surface area contributed by atoms with Crippen LogP contribution in [0.1, 0.15) is 32.2 Å². The number of nitrogens with zero attached hydrogens (tertiary/aromatic N) is 4. The van der Waals surface area contributed by atoms with Gasteiger partial charge in [0.2, 0.25) is 5.88 Å². The molecule has 0 aliphatic carbocycles. The van der Waals surface area contributed by atoms with E-state index >= 15 is 0 Å². The third-order valence-electron chi connectivity index (χ3n) is 4.49. The molecule has 3 aromatic rings. The number of rotatable bonds is 9. The van der Waals surface area contributed by atoms with Crippen LogP contribution in [0.2, 0.25) is 0 Å². The third-order valence-corrected chi connectivity index (χ3v) is 4.49. The first-order valence-electron chi connectivity index (χ1n) is 9.94. The molecule has 0 bridgehead atoms. The predicted octanol–water partition coefficient (Wildman–Crippen LogP) is 4.01. The van der Waals surface area contributed by atoms with E-state index in [1.807, 2.05) is 39.0 Å². The van der Waals surface area contributed by atoms with Gasteiger partial charge in [0.05, 0.1) is 30.0 Å². The van der Waals surface area contributed by atoms with E-state index in [4.69, 9.17) is 15.1 Å². The predicted molar refractivity (Wildman–Crippen MR) is 119 cm³/mol. The molecule has 3 N–H and O–H groups in total. The zero-order valence-electron chi connectivity index (χ0n) is 17.7. The van der Waals surface area contributed by atoms with Gasteiger partial charge < -0.3 is 20.8 Å². The van der Waals surface area contributed by atoms with Gasteiger partial charge in [-0.05, 0) is 37.1 Å². The minimum Gasteiger partial charge on any atom is -0.477 e. The van der Waals surface area contributed by atoms with Crippen LogP contribution in [0.3, 0.4) is 0 Å². The first-order valence-corrected chi connectivity index (χ1v) is 9.94. The molecule has 0 aromatic carbocycles. The van der Waals surface area contributed by atoms with Gasteiger partial charge in [0.15, 0.2) is 0 Å². The standard InChI is InChI=1S/C22H27N7O/c1-5-30-22-15(8-6-9-27-22)16-12-17(28-13-18-25-10-7-11-26-18)19(20(23)14(2)3)21(24-4)29-16/h6-12,14,23H,5,13H2,1-4H3,(H2,24,28,29). The maximum Gasteiger partial charge on any atom is 0.222 e. The summed E-state index contributed by atoms with van der Waals surface area (Å²) in [5, 5.41) is 15.2. The Labute approximate surface area is 176 Å². The molecular weight excluding hydrogens is 378 g/mol. The number of hydrogen-bond donors (Lipinski definition) is 3. The number of hydrogen-bond acceptors (Lipinski definition) is 8. The molecule has 0 saturated carbocycles. The summed E-state index contributed by atoms with van der Waals surface area (Å²) in [5.74, 6) is 1.85. The fraction of sp³-hybridized carbons (Fsp3) is 0.318. The summed E-state index contributed by atoms with van der Waals surface area (Å²) in [6.45, 7) is 6.85. The molecule has 0 unspecified atom stereocenters. The number of ether oxygens (including phenoxy) is 1. The fourth-order valence-electron chi connectivity index (χ4n) is 3.00. The molecule has 0 saturated heterocycles. The van der Waals surface area contributed by atoms with Gasteiger partial charge >= 0.3 is 0 Å². The zero-order chi connectivity index (χ0) is 21.5. The summed E-state index contributed by atoms with van der Waals surface area (Å²) in [6, 6.07) is 7.49. The quantitative estimate of drug-likeness (QED) is 0.462. The minimum absolute atomic E-state index is 0.0376. The Kier molecular flexibility index (Phi) is 6.90. The Morgan fingerprint density at radius 2 is 1.87 bits per heavy atom. The molecule has 0 fully saturated rings. The Bertz CT molecular complexity index is 1010. The summed E-state index contributed by atoms with van der Waals surface area (Å²) < 4.78 is 5.70. The van der Waals surface area contributed by atoms with Gasteiger partial charge in [0, 0.05) is 37.0 Å². The van der Waals surface area contributed by atoms with Crippen LogP contribution in [0.4, 0.5) is 11.5 Å². The van der Waals surface area contributed by atoms with Crippen LogP contribution < -0.4 is 15.4 Å². The average molecular weight is 406 g/mol. The van der Waals surface area contributed by atoms with Crippen LogP contribution in [0.5, 0.6) is 5.88 Å². The number of pyridine rings is 2. The van der Waals surface area contributed by atoms with Gasteiger partial charge in [-0.3, -0.25) is 0 Å². The second-order valence-electron chi connectivity index (χ2n) is 6.90. The van der Waals surface area contributed by atoms with Crippen molar-refractivity contribution in [1.82, 2.24) is 19.9 Å². The normalized spacial score (nSPS) is 10.7. The van der Waals surface area contributed by atoms with Crippen LogP contribution in [0.25, 0.3) is 11.3 Å². The monoisotopic (exact) mass is 405 g/mol. The van der Waals surface area contributed by atoms with Gasteiger partial charge in [-0.25, -0.2) is 19.9 Å². The van der Waals surface area contributed by atoms with Crippen molar-refractivity contribution in [2.24, 2.45) is 5.92 Å². The van der Waals surface area contributed by atoms with Crippen molar-refractivity contribution in [1.29, 1.82) is 5.41 Å². The third kappa shape index (κ3) is 4.71. The van der Waals surface area contributed by atoms with Crippen LogP contribution in [0.15, 0.2) is 42.9 Å². The van der Waals surface area contributed by atoms with Gasteiger partial charge in [-0.1, -0.05) is 13.8 Å². The van der Waals surface area contributed by atoms with Crippen molar-refractivity contribution >= 4 is 17.2 Å². The highest BCUT2D eigenvalue weighted by Crippen LogP contribution is 2.34. The molecule has 0 atom stereocenters. The molecule has 0 aliphatic heterocycles. The summed E-state index contributed by atoms with van der Waals surface area (Å²) >= 11 is 0. The second-order valence-corrected chi connectivity index (χ2v) is 6.90. The van der Waals surface area contributed by atoms with Crippen LogP contribution >= 0.6 is 0 Å². The molecule has 3 rings (SSSR count). The van der Waals surface area contributed by atoms with E-state index in [1.165, 1.54) is 0 Å². The Hall–Kier alpha value is -3.55. The molecule has 0 amide bonds. The lowest BCUT2D eigenvalue weighted by Crippen LogP contribution is -2.16. The molecule has 0 spiro atoms. The minimum atomic E-state index is 0.0376. The maximum atomic E-state index is 8.65. The van der Waals surface area contributed by atoms with Crippen molar-refractivity contribution in [3.8, 4) is 17.1 Å². The highest BCUT2D eigenvalue weighted by molar-refractivity contribution is 6.08. The van der Waals surface area contributed by atoms with Gasteiger partial charge in [-0.15, -0.1) is 0 Å². The highest BCUT2D eigenvalue weighted by Gasteiger charge is 2.20. The van der Waals surface area contributed by atoms with Gasteiger partial charge in [-0.2, -0.15) is 0 Å². The Morgan fingerprint density at radius 3 is 2.53 bits per heavy atom. The maximum absolute atomic E-state index is 8.65. The highest BCUT2D eigenvalue weighted by atomic mass is 16.5. The summed E-state index contributed by atoms with van der Waals surface area (Å²) in [4.78, 5) is 17.7. The van der Waals surface area contributed by atoms with Crippen molar-refractivity contribution in [2.45, 2.75) is 27.3 Å². The molecular formula is C22H27N7O. The van der Waals surface area contributed by atoms with E-state index in [0.29, 0.717) is 42.1 Å². The van der Waals surface area contributed by atoms with Crippen LogP contribution in [0, 0.1) is 11.3 Å². The fourth-order valence-corrected chi connectivity index (χ4v) is 3.00. The van der Waals surface area contributed by atoms with E-state index in [1.54, 1.807) is 31.7 Å². The molecule has 0 aliphatic rings. The topological polar surface area (TPSA) is 109 Å². The van der Waals surface area contributed by atoms with Crippen LogP contribution in [-0.4, -0.2) is 39.3 Å². The van der Waals surface area contributed by atoms with E-state index in [2.05, 4.69) is 25.6 Å². The SMILES string of the molecule is CCOc1ncccc1-c1cc(NCc2ncccn2)c(C(=N)C(C)C)c(NC)n1. The molecule has 156 valence electrons. The van der Waals surface area contributed by atoms with Gasteiger partial charge in [0.25, 0.3) is 0 Å². The summed E-state index contributed by atoms with van der Waals surface area (Å²) in [6.07, 6.45) is 5.12. The van der Waals surface area contributed by atoms with Crippen molar-refractivity contribution in [3.63, 3.8) is 0 Å². The summed E-state index contributed by atoms with van der Waals surface area (Å²) in [7, 11) is 1.81. The first-order chi connectivity index (χ1) is 14.5. The number of nitrogens with one attached hydrogen (secondary N) is 3. The van der Waals surface area contributed by atoms with Crippen LogP contribution in [-0.2, 0) is 6.54 Å². The average Bonchev–Trinajstić information content (AvgIpc) is 2.77. The molecule has 8 nitrogen and oxygen atoms in total. The molecule has 30 heavy (non-hydrogen) atoms. The largest absolute Gasteiger partial charge is 0.477 e. The number of aromatic nitrogens is 4. The van der Waals surface area contributed by atoms with E-state index in [9.17, 15) is 0 Å². The molecule has 8 heteroatoms. The number of anilines is 2. The lowest BCUT2D eigenvalue weighted by atomic mass is 9.97. The Balaban J connectivity index is 2.11. The van der Waals surface area contributed by atoms with Crippen molar-refractivity contribution < 1.29 is 4.74 Å². The Morgan fingerprint density at radius 1 is 1.13 bits per heavy atom. The molecule has 0 radical (unpaired) electrons. The van der Waals surface area contributed by atoms with Crippen molar-refractivity contribution in [3.05, 3.63) is 54.2 Å². The molecule has 3 heterocycles. The first kappa shape index (κ1) is 21.2. The zero-order valence-corrected chi connectivity index (χ0v) is 17.7. The van der Waals surface area contributed by atoms with Gasteiger partial charge in [0.1, 0.15) is 11.6 Å². The van der Waals surface area contributed by atoms with E-state index in [-0.39, 0.29) is 5.92 Å².